The minimum atomic E-state index is -0.584. The van der Waals surface area contributed by atoms with Crippen molar-refractivity contribution in [2.75, 3.05) is 13.1 Å². The van der Waals surface area contributed by atoms with Crippen LogP contribution in [0.4, 0.5) is 4.39 Å². The van der Waals surface area contributed by atoms with Crippen molar-refractivity contribution >= 4 is 29.9 Å². The third-order valence-corrected chi connectivity index (χ3v) is 3.81. The average Bonchev–Trinajstić information content (AvgIpc) is 2.39. The van der Waals surface area contributed by atoms with E-state index in [4.69, 9.17) is 11.6 Å². The summed E-state index contributed by atoms with van der Waals surface area (Å²) >= 11 is 5.67. The molecule has 0 saturated carbocycles. The lowest BCUT2D eigenvalue weighted by Gasteiger charge is -2.29. The van der Waals surface area contributed by atoms with Gasteiger partial charge in [-0.15, -0.1) is 12.4 Å². The summed E-state index contributed by atoms with van der Waals surface area (Å²) in [5.74, 6) is -0.570. The van der Waals surface area contributed by atoms with Gasteiger partial charge in [-0.2, -0.15) is 0 Å². The molecule has 1 amide bonds. The van der Waals surface area contributed by atoms with Crippen LogP contribution in [0.25, 0.3) is 0 Å². The van der Waals surface area contributed by atoms with Crippen LogP contribution in [0.15, 0.2) is 18.2 Å². The Hall–Kier alpha value is -0.840. The second-order valence-corrected chi connectivity index (χ2v) is 5.43. The lowest BCUT2D eigenvalue weighted by Crippen LogP contribution is -2.44. The molecule has 1 aromatic carbocycles. The fraction of sp³-hybridized carbons (Fsp3) is 0.500. The number of benzene rings is 1. The largest absolute Gasteiger partial charge is 0.349 e. The molecule has 2 rings (SSSR count). The molecule has 0 aliphatic carbocycles. The molecule has 3 nitrogen and oxygen atoms in total. The smallest absolute Gasteiger partial charge is 0.254 e. The van der Waals surface area contributed by atoms with Crippen molar-refractivity contribution in [1.82, 2.24) is 10.6 Å². The van der Waals surface area contributed by atoms with Gasteiger partial charge in [-0.05, 0) is 57.0 Å². The third-order valence-electron chi connectivity index (χ3n) is 3.58. The van der Waals surface area contributed by atoms with Crippen LogP contribution >= 0.6 is 24.0 Å². The fourth-order valence-corrected chi connectivity index (χ4v) is 2.54. The Labute approximate surface area is 129 Å². The number of carbonyl (C=O) groups excluding carboxylic acids is 1. The fourth-order valence-electron chi connectivity index (χ4n) is 2.38. The summed E-state index contributed by atoms with van der Waals surface area (Å²) in [5.41, 5.74) is 0.0417. The van der Waals surface area contributed by atoms with Crippen LogP contribution < -0.4 is 10.6 Å². The minimum Gasteiger partial charge on any atom is -0.349 e. The van der Waals surface area contributed by atoms with Gasteiger partial charge in [0.05, 0.1) is 5.56 Å². The van der Waals surface area contributed by atoms with Gasteiger partial charge >= 0.3 is 0 Å². The zero-order valence-electron chi connectivity index (χ0n) is 11.3. The number of carbonyl (C=O) groups is 1. The molecular formula is C14H19Cl2FN2O. The molecule has 1 aliphatic heterocycles. The maximum Gasteiger partial charge on any atom is 0.254 e. The summed E-state index contributed by atoms with van der Waals surface area (Å²) in [4.78, 5) is 12.0. The van der Waals surface area contributed by atoms with Crippen LogP contribution in [0, 0.1) is 11.7 Å². The number of amides is 1. The van der Waals surface area contributed by atoms with Gasteiger partial charge in [0.2, 0.25) is 0 Å². The summed E-state index contributed by atoms with van der Waals surface area (Å²) in [5, 5.41) is 6.46. The first-order chi connectivity index (χ1) is 9.08. The van der Waals surface area contributed by atoms with E-state index in [2.05, 4.69) is 10.6 Å². The van der Waals surface area contributed by atoms with Gasteiger partial charge in [-0.3, -0.25) is 4.79 Å². The summed E-state index contributed by atoms with van der Waals surface area (Å²) in [7, 11) is 0. The van der Waals surface area contributed by atoms with Crippen molar-refractivity contribution < 1.29 is 9.18 Å². The highest BCUT2D eigenvalue weighted by Gasteiger charge is 2.22. The first kappa shape index (κ1) is 17.2. The van der Waals surface area contributed by atoms with Gasteiger partial charge in [-0.25, -0.2) is 4.39 Å². The van der Waals surface area contributed by atoms with Gasteiger partial charge in [0.1, 0.15) is 5.82 Å². The minimum absolute atomic E-state index is 0. The predicted molar refractivity (Wildman–Crippen MR) is 81.2 cm³/mol. The monoisotopic (exact) mass is 320 g/mol. The van der Waals surface area contributed by atoms with Crippen LogP contribution in [0.5, 0.6) is 0 Å². The van der Waals surface area contributed by atoms with Crippen LogP contribution in [0.2, 0.25) is 5.02 Å². The average molecular weight is 321 g/mol. The van der Waals surface area contributed by atoms with E-state index in [0.717, 1.165) is 32.0 Å². The Morgan fingerprint density at radius 3 is 2.90 bits per heavy atom. The molecule has 1 aromatic rings. The third kappa shape index (κ3) is 4.33. The molecule has 6 heteroatoms. The SMILES string of the molecule is CC(NC(=O)c1ccc(Cl)cc1F)C1CCCNC1.Cl. The predicted octanol–water partition coefficient (Wildman–Crippen LogP) is 3.02. The van der Waals surface area contributed by atoms with E-state index in [0.29, 0.717) is 10.9 Å². The summed E-state index contributed by atoms with van der Waals surface area (Å²) < 4.78 is 13.6. The molecule has 0 bridgehead atoms. The van der Waals surface area contributed by atoms with E-state index in [1.807, 2.05) is 6.92 Å². The topological polar surface area (TPSA) is 41.1 Å². The number of halogens is 3. The molecule has 1 saturated heterocycles. The van der Waals surface area contributed by atoms with E-state index in [1.165, 1.54) is 12.1 Å². The van der Waals surface area contributed by atoms with Crippen LogP contribution in [-0.4, -0.2) is 25.0 Å². The zero-order valence-corrected chi connectivity index (χ0v) is 12.9. The van der Waals surface area contributed by atoms with E-state index in [9.17, 15) is 9.18 Å². The first-order valence-corrected chi connectivity index (χ1v) is 6.92. The summed E-state index contributed by atoms with van der Waals surface area (Å²) in [6.45, 7) is 3.89. The van der Waals surface area contributed by atoms with Crippen LogP contribution in [-0.2, 0) is 0 Å². The Morgan fingerprint density at radius 1 is 1.55 bits per heavy atom. The van der Waals surface area contributed by atoms with E-state index < -0.39 is 5.82 Å². The van der Waals surface area contributed by atoms with Crippen LogP contribution in [0.3, 0.4) is 0 Å². The highest BCUT2D eigenvalue weighted by Crippen LogP contribution is 2.17. The van der Waals surface area contributed by atoms with Crippen molar-refractivity contribution in [3.8, 4) is 0 Å². The molecule has 2 N–H and O–H groups in total. The molecule has 1 aliphatic rings. The summed E-state index contributed by atoms with van der Waals surface area (Å²) in [6.07, 6.45) is 2.19. The van der Waals surface area contributed by atoms with Crippen molar-refractivity contribution in [2.24, 2.45) is 5.92 Å². The van der Waals surface area contributed by atoms with Gasteiger partial charge in [0.25, 0.3) is 5.91 Å². The van der Waals surface area contributed by atoms with Crippen molar-refractivity contribution in [3.63, 3.8) is 0 Å². The van der Waals surface area contributed by atoms with E-state index in [-0.39, 0.29) is 29.9 Å². The van der Waals surface area contributed by atoms with E-state index in [1.54, 1.807) is 0 Å². The molecule has 0 spiro atoms. The maximum absolute atomic E-state index is 13.6. The highest BCUT2D eigenvalue weighted by molar-refractivity contribution is 6.30. The second kappa shape index (κ2) is 7.81. The quantitative estimate of drug-likeness (QED) is 0.898. The first-order valence-electron chi connectivity index (χ1n) is 6.54. The number of piperidine rings is 1. The standard InChI is InChI=1S/C14H18ClFN2O.ClH/c1-9(10-3-2-6-17-8-10)18-14(19)12-5-4-11(15)7-13(12)16;/h4-5,7,9-10,17H,2-3,6,8H2,1H3,(H,18,19);1H. The molecule has 112 valence electrons. The Kier molecular flexibility index (Phi) is 6.72. The number of hydrogen-bond acceptors (Lipinski definition) is 2. The van der Waals surface area contributed by atoms with Crippen molar-refractivity contribution in [1.29, 1.82) is 0 Å². The number of nitrogens with one attached hydrogen (secondary N) is 2. The van der Waals surface area contributed by atoms with Gasteiger partial charge in [0, 0.05) is 11.1 Å². The molecular weight excluding hydrogens is 302 g/mol. The van der Waals surface area contributed by atoms with Gasteiger partial charge < -0.3 is 10.6 Å². The molecule has 0 radical (unpaired) electrons. The lowest BCUT2D eigenvalue weighted by atomic mass is 9.92. The highest BCUT2D eigenvalue weighted by atomic mass is 35.5. The second-order valence-electron chi connectivity index (χ2n) is 4.99. The molecule has 1 fully saturated rings. The number of hydrogen-bond donors (Lipinski definition) is 2. The molecule has 2 unspecified atom stereocenters. The van der Waals surface area contributed by atoms with Crippen LogP contribution in [0.1, 0.15) is 30.1 Å². The zero-order chi connectivity index (χ0) is 13.8. The van der Waals surface area contributed by atoms with Gasteiger partial charge in [-0.1, -0.05) is 11.6 Å². The van der Waals surface area contributed by atoms with Crippen molar-refractivity contribution in [2.45, 2.75) is 25.8 Å². The summed E-state index contributed by atoms with van der Waals surface area (Å²) in [6, 6.07) is 4.12. The number of rotatable bonds is 3. The lowest BCUT2D eigenvalue weighted by molar-refractivity contribution is 0.0918. The Balaban J connectivity index is 0.00000200. The molecule has 0 aromatic heterocycles. The Morgan fingerprint density at radius 2 is 2.30 bits per heavy atom. The van der Waals surface area contributed by atoms with E-state index >= 15 is 0 Å². The molecule has 2 atom stereocenters. The van der Waals surface area contributed by atoms with Crippen molar-refractivity contribution in [3.05, 3.63) is 34.6 Å². The normalized spacial score (nSPS) is 19.9. The maximum atomic E-state index is 13.6. The Bertz CT molecular complexity index is 464. The molecule has 20 heavy (non-hydrogen) atoms. The van der Waals surface area contributed by atoms with Gasteiger partial charge in [0.15, 0.2) is 0 Å². The molecule has 1 heterocycles.